The summed E-state index contributed by atoms with van der Waals surface area (Å²) in [5.41, 5.74) is 3.70. The standard InChI is InChI=1S/C23H21N3O/c1-15(2)11-13-25-20-10-6-4-7-16(20)17-12-14-26-22(21(17)25)24-19-9-5-3-8-18(19)23(26)27/h3-10,12,14-15H,11,13H2,1-2H3. The van der Waals surface area contributed by atoms with E-state index >= 15 is 0 Å². The van der Waals surface area contributed by atoms with Crippen molar-refractivity contribution in [2.45, 2.75) is 26.8 Å². The highest BCUT2D eigenvalue weighted by Gasteiger charge is 2.16. The SMILES string of the molecule is CC(C)CCn1c2ccccc2c2ccn3c(=O)c4ccccc4nc3c21. The van der Waals surface area contributed by atoms with Gasteiger partial charge in [0.15, 0.2) is 5.65 Å². The first kappa shape index (κ1) is 16.1. The van der Waals surface area contributed by atoms with Crippen molar-refractivity contribution in [1.82, 2.24) is 14.0 Å². The fourth-order valence-corrected chi connectivity index (χ4v) is 3.96. The molecule has 4 nitrogen and oxygen atoms in total. The summed E-state index contributed by atoms with van der Waals surface area (Å²) >= 11 is 0. The highest BCUT2D eigenvalue weighted by Crippen LogP contribution is 2.31. The zero-order valence-electron chi connectivity index (χ0n) is 15.5. The van der Waals surface area contributed by atoms with Crippen LogP contribution in [-0.4, -0.2) is 14.0 Å². The van der Waals surface area contributed by atoms with Gasteiger partial charge in [-0.1, -0.05) is 44.2 Å². The molecule has 3 heterocycles. The molecule has 0 unspecified atom stereocenters. The highest BCUT2D eigenvalue weighted by molar-refractivity contribution is 6.12. The van der Waals surface area contributed by atoms with Crippen LogP contribution in [0.3, 0.4) is 0 Å². The fraction of sp³-hybridized carbons (Fsp3) is 0.217. The summed E-state index contributed by atoms with van der Waals surface area (Å²) in [5, 5.41) is 3.01. The van der Waals surface area contributed by atoms with Crippen LogP contribution >= 0.6 is 0 Å². The van der Waals surface area contributed by atoms with Crippen molar-refractivity contribution >= 4 is 38.4 Å². The van der Waals surface area contributed by atoms with Crippen LogP contribution in [0, 0.1) is 5.92 Å². The Morgan fingerprint density at radius 2 is 1.67 bits per heavy atom. The lowest BCUT2D eigenvalue weighted by Gasteiger charge is -2.11. The molecule has 2 aromatic carbocycles. The summed E-state index contributed by atoms with van der Waals surface area (Å²) in [6.07, 6.45) is 2.94. The Morgan fingerprint density at radius 1 is 0.926 bits per heavy atom. The Balaban J connectivity index is 1.98. The zero-order chi connectivity index (χ0) is 18.5. The number of fused-ring (bicyclic) bond motifs is 6. The van der Waals surface area contributed by atoms with Crippen molar-refractivity contribution in [3.8, 4) is 0 Å². The number of hydrogen-bond donors (Lipinski definition) is 0. The third-order valence-corrected chi connectivity index (χ3v) is 5.35. The molecule has 0 atom stereocenters. The van der Waals surface area contributed by atoms with Crippen LogP contribution in [0.25, 0.3) is 38.4 Å². The molecule has 0 aliphatic heterocycles. The van der Waals surface area contributed by atoms with Crippen LogP contribution in [0.4, 0.5) is 0 Å². The van der Waals surface area contributed by atoms with Crippen LogP contribution in [0.1, 0.15) is 20.3 Å². The zero-order valence-corrected chi connectivity index (χ0v) is 15.5. The van der Waals surface area contributed by atoms with E-state index in [0.717, 1.165) is 35.0 Å². The summed E-state index contributed by atoms with van der Waals surface area (Å²) in [6, 6.07) is 18.1. The smallest absolute Gasteiger partial charge is 0.265 e. The summed E-state index contributed by atoms with van der Waals surface area (Å²) in [6.45, 7) is 5.38. The van der Waals surface area contributed by atoms with Gasteiger partial charge in [-0.15, -0.1) is 0 Å². The molecule has 4 heteroatoms. The van der Waals surface area contributed by atoms with Gasteiger partial charge >= 0.3 is 0 Å². The van der Waals surface area contributed by atoms with E-state index in [1.54, 1.807) is 4.40 Å². The number of rotatable bonds is 3. The quantitative estimate of drug-likeness (QED) is 0.427. The van der Waals surface area contributed by atoms with E-state index in [1.165, 1.54) is 10.9 Å². The van der Waals surface area contributed by atoms with E-state index in [9.17, 15) is 4.79 Å². The molecule has 0 amide bonds. The molecule has 27 heavy (non-hydrogen) atoms. The number of nitrogens with zero attached hydrogens (tertiary/aromatic N) is 3. The van der Waals surface area contributed by atoms with Crippen molar-refractivity contribution in [2.75, 3.05) is 0 Å². The number of para-hydroxylation sites is 2. The second-order valence-electron chi connectivity index (χ2n) is 7.56. The predicted molar refractivity (Wildman–Crippen MR) is 111 cm³/mol. The summed E-state index contributed by atoms with van der Waals surface area (Å²) in [5.74, 6) is 0.604. The Bertz CT molecular complexity index is 1380. The lowest BCUT2D eigenvalue weighted by atomic mass is 10.1. The monoisotopic (exact) mass is 355 g/mol. The average Bonchev–Trinajstić information content (AvgIpc) is 3.01. The van der Waals surface area contributed by atoms with E-state index < -0.39 is 0 Å². The van der Waals surface area contributed by atoms with Crippen molar-refractivity contribution in [1.29, 1.82) is 0 Å². The van der Waals surface area contributed by atoms with Crippen LogP contribution in [0.2, 0.25) is 0 Å². The molecule has 134 valence electrons. The van der Waals surface area contributed by atoms with Gasteiger partial charge in [-0.25, -0.2) is 4.98 Å². The molecule has 5 rings (SSSR count). The van der Waals surface area contributed by atoms with Gasteiger partial charge in [-0.05, 0) is 36.6 Å². The van der Waals surface area contributed by atoms with Crippen molar-refractivity contribution in [2.24, 2.45) is 5.92 Å². The molecule has 5 aromatic rings. The molecule has 3 aromatic heterocycles. The van der Waals surface area contributed by atoms with Gasteiger partial charge in [0.25, 0.3) is 5.56 Å². The van der Waals surface area contributed by atoms with Gasteiger partial charge in [0, 0.05) is 29.0 Å². The Kier molecular flexibility index (Phi) is 3.54. The third-order valence-electron chi connectivity index (χ3n) is 5.35. The normalized spacial score (nSPS) is 12.1. The number of aromatic nitrogens is 3. The van der Waals surface area contributed by atoms with Gasteiger partial charge in [-0.2, -0.15) is 0 Å². The minimum Gasteiger partial charge on any atom is -0.337 e. The third kappa shape index (κ3) is 2.36. The second-order valence-corrected chi connectivity index (χ2v) is 7.56. The largest absolute Gasteiger partial charge is 0.337 e. The summed E-state index contributed by atoms with van der Waals surface area (Å²) in [7, 11) is 0. The Morgan fingerprint density at radius 3 is 2.48 bits per heavy atom. The molecule has 0 aliphatic rings. The van der Waals surface area contributed by atoms with E-state index in [4.69, 9.17) is 4.98 Å². The van der Waals surface area contributed by atoms with Gasteiger partial charge in [0.1, 0.15) is 0 Å². The van der Waals surface area contributed by atoms with Crippen LogP contribution in [0.5, 0.6) is 0 Å². The fourth-order valence-electron chi connectivity index (χ4n) is 3.96. The molecular formula is C23H21N3O. The first-order chi connectivity index (χ1) is 13.1. The van der Waals surface area contributed by atoms with Gasteiger partial charge < -0.3 is 4.57 Å². The molecule has 0 aliphatic carbocycles. The summed E-state index contributed by atoms with van der Waals surface area (Å²) < 4.78 is 4.02. The molecule has 0 saturated carbocycles. The number of aryl methyl sites for hydroxylation is 1. The van der Waals surface area contributed by atoms with Crippen LogP contribution in [-0.2, 0) is 6.54 Å². The average molecular weight is 355 g/mol. The van der Waals surface area contributed by atoms with Crippen molar-refractivity contribution < 1.29 is 0 Å². The van der Waals surface area contributed by atoms with E-state index in [1.807, 2.05) is 36.5 Å². The van der Waals surface area contributed by atoms with E-state index in [-0.39, 0.29) is 5.56 Å². The molecular weight excluding hydrogens is 334 g/mol. The Hall–Kier alpha value is -3.14. The maximum atomic E-state index is 13.0. The topological polar surface area (TPSA) is 39.3 Å². The first-order valence-electron chi connectivity index (χ1n) is 9.46. The molecule has 0 bridgehead atoms. The van der Waals surface area contributed by atoms with Crippen LogP contribution in [0.15, 0.2) is 65.6 Å². The van der Waals surface area contributed by atoms with Crippen molar-refractivity contribution in [3.05, 3.63) is 71.1 Å². The second kappa shape index (κ2) is 5.95. The molecule has 0 saturated heterocycles. The van der Waals surface area contributed by atoms with E-state index in [0.29, 0.717) is 11.3 Å². The molecule has 0 fully saturated rings. The highest BCUT2D eigenvalue weighted by atomic mass is 16.1. The maximum Gasteiger partial charge on any atom is 0.265 e. The first-order valence-corrected chi connectivity index (χ1v) is 9.46. The Labute approximate surface area is 156 Å². The van der Waals surface area contributed by atoms with E-state index in [2.05, 4.69) is 42.7 Å². The molecule has 0 radical (unpaired) electrons. The molecule has 0 spiro atoms. The minimum absolute atomic E-state index is 0.0156. The maximum absolute atomic E-state index is 13.0. The minimum atomic E-state index is -0.0156. The number of pyridine rings is 1. The lowest BCUT2D eigenvalue weighted by Crippen LogP contribution is -2.16. The van der Waals surface area contributed by atoms with Gasteiger partial charge in [0.2, 0.25) is 0 Å². The predicted octanol–water partition coefficient (Wildman–Crippen LogP) is 5.00. The molecule has 0 N–H and O–H groups in total. The van der Waals surface area contributed by atoms with Gasteiger partial charge in [0.05, 0.1) is 16.4 Å². The number of hydrogen-bond acceptors (Lipinski definition) is 2. The van der Waals surface area contributed by atoms with Crippen molar-refractivity contribution in [3.63, 3.8) is 0 Å². The summed E-state index contributed by atoms with van der Waals surface area (Å²) in [4.78, 5) is 17.9. The van der Waals surface area contributed by atoms with Crippen LogP contribution < -0.4 is 5.56 Å². The number of benzene rings is 2. The van der Waals surface area contributed by atoms with Gasteiger partial charge in [-0.3, -0.25) is 9.20 Å². The lowest BCUT2D eigenvalue weighted by molar-refractivity contribution is 0.531.